The van der Waals surface area contributed by atoms with Crippen molar-refractivity contribution in [2.45, 2.75) is 19.3 Å². The van der Waals surface area contributed by atoms with Crippen LogP contribution in [0.3, 0.4) is 0 Å². The van der Waals surface area contributed by atoms with Gasteiger partial charge in [0.05, 0.1) is 7.11 Å². The molecule has 0 saturated heterocycles. The van der Waals surface area contributed by atoms with Crippen molar-refractivity contribution in [1.29, 1.82) is 0 Å². The van der Waals surface area contributed by atoms with Gasteiger partial charge in [-0.3, -0.25) is 0 Å². The average Bonchev–Trinajstić information content (AvgIpc) is 3.29. The summed E-state index contributed by atoms with van der Waals surface area (Å²) in [7, 11) is -0.729. The molecule has 4 rings (SSSR count). The highest BCUT2D eigenvalue weighted by atomic mass is 79.9. The lowest BCUT2D eigenvalue weighted by Crippen LogP contribution is -3.00. The van der Waals surface area contributed by atoms with E-state index in [1.165, 1.54) is 28.3 Å². The van der Waals surface area contributed by atoms with Gasteiger partial charge in [-0.05, 0) is 42.8 Å². The molecule has 0 amide bonds. The summed E-state index contributed by atoms with van der Waals surface area (Å²) in [6, 6.07) is 32.3. The predicted molar refractivity (Wildman–Crippen MR) is 124 cm³/mol. The molecule has 0 N–H and O–H groups in total. The maximum absolute atomic E-state index is 11.8. The van der Waals surface area contributed by atoms with Gasteiger partial charge in [-0.2, -0.15) is 0 Å². The fourth-order valence-electron chi connectivity index (χ4n) is 4.28. The van der Waals surface area contributed by atoms with E-state index in [0.29, 0.717) is 0 Å². The second-order valence-corrected chi connectivity index (χ2v) is 10.7. The van der Waals surface area contributed by atoms with Crippen LogP contribution in [0.15, 0.2) is 102 Å². The van der Waals surface area contributed by atoms with Crippen LogP contribution in [-0.2, 0) is 14.3 Å². The molecular weight excluding hydrogens is 471 g/mol. The third-order valence-electron chi connectivity index (χ3n) is 5.57. The summed E-state index contributed by atoms with van der Waals surface area (Å²) in [5.74, 6) is 0.599. The standard InChI is InChI=1S/C26H26O3P.BrH/c1-28-26(27)20-29-24-18-11-19-25(24)30(21-12-5-2-6-13-21,22-14-7-3-8-15-22)23-16-9-4-10-17-23;/h2-10,12-17H,11,18-20H2,1H3;1H/q+1;/p-1. The lowest BCUT2D eigenvalue weighted by molar-refractivity contribution is -0.144. The number of esters is 1. The van der Waals surface area contributed by atoms with E-state index in [4.69, 9.17) is 9.47 Å². The lowest BCUT2D eigenvalue weighted by atomic mass is 10.3. The zero-order valence-corrected chi connectivity index (χ0v) is 20.0. The normalized spacial score (nSPS) is 13.5. The third kappa shape index (κ3) is 4.61. The lowest BCUT2D eigenvalue weighted by Gasteiger charge is -2.29. The first-order chi connectivity index (χ1) is 14.8. The van der Waals surface area contributed by atoms with E-state index in [-0.39, 0.29) is 29.6 Å². The maximum Gasteiger partial charge on any atom is 0.343 e. The molecule has 1 aliphatic rings. The Morgan fingerprint density at radius 3 is 1.65 bits per heavy atom. The van der Waals surface area contributed by atoms with Crippen LogP contribution in [0.4, 0.5) is 0 Å². The quantitative estimate of drug-likeness (QED) is 0.368. The van der Waals surface area contributed by atoms with E-state index in [1.807, 2.05) is 0 Å². The first kappa shape index (κ1) is 23.2. The van der Waals surface area contributed by atoms with Crippen molar-refractivity contribution in [3.8, 4) is 0 Å². The Morgan fingerprint density at radius 1 is 0.774 bits per heavy atom. The Kier molecular flexibility index (Phi) is 8.06. The SMILES string of the molecule is COC(=O)COC1=C([P+](c2ccccc2)(c2ccccc2)c2ccccc2)CCC1.[Br-]. The van der Waals surface area contributed by atoms with Crippen molar-refractivity contribution >= 4 is 29.1 Å². The van der Waals surface area contributed by atoms with Gasteiger partial charge in [0.1, 0.15) is 34.2 Å². The molecule has 0 aliphatic heterocycles. The summed E-state index contributed by atoms with van der Waals surface area (Å²) in [5, 5.41) is 5.24. The third-order valence-corrected chi connectivity index (χ3v) is 10.1. The average molecular weight is 497 g/mol. The molecule has 0 bridgehead atoms. The Labute approximate surface area is 195 Å². The highest BCUT2D eigenvalue weighted by Gasteiger charge is 2.52. The molecule has 0 radical (unpaired) electrons. The number of halogens is 1. The van der Waals surface area contributed by atoms with Crippen LogP contribution in [0.25, 0.3) is 0 Å². The van der Waals surface area contributed by atoms with Crippen LogP contribution >= 0.6 is 7.26 Å². The summed E-state index contributed by atoms with van der Waals surface area (Å²) < 4.78 is 10.9. The van der Waals surface area contributed by atoms with Gasteiger partial charge in [-0.1, -0.05) is 54.6 Å². The minimum absolute atomic E-state index is 0. The molecule has 5 heteroatoms. The van der Waals surface area contributed by atoms with E-state index in [9.17, 15) is 4.79 Å². The van der Waals surface area contributed by atoms with Crippen LogP contribution in [0, 0.1) is 0 Å². The number of benzene rings is 3. The number of methoxy groups -OCH3 is 1. The molecule has 0 saturated carbocycles. The molecule has 3 nitrogen and oxygen atoms in total. The van der Waals surface area contributed by atoms with Crippen LogP contribution in [0.1, 0.15) is 19.3 Å². The summed E-state index contributed by atoms with van der Waals surface area (Å²) in [5.41, 5.74) is 0. The summed E-state index contributed by atoms with van der Waals surface area (Å²) >= 11 is 0. The Morgan fingerprint density at radius 2 is 1.23 bits per heavy atom. The first-order valence-corrected chi connectivity index (χ1v) is 12.0. The minimum Gasteiger partial charge on any atom is -1.00 e. The number of carbonyl (C=O) groups excluding carboxylic acids is 1. The molecule has 0 fully saturated rings. The predicted octanol–water partition coefficient (Wildman–Crippen LogP) is 1.57. The second-order valence-electron chi connectivity index (χ2n) is 7.27. The van der Waals surface area contributed by atoms with Crippen molar-refractivity contribution < 1.29 is 31.2 Å². The van der Waals surface area contributed by atoms with Gasteiger partial charge >= 0.3 is 5.97 Å². The van der Waals surface area contributed by atoms with Crippen LogP contribution in [0.5, 0.6) is 0 Å². The molecule has 0 aromatic heterocycles. The van der Waals surface area contributed by atoms with E-state index in [1.54, 1.807) is 0 Å². The van der Waals surface area contributed by atoms with Crippen molar-refractivity contribution in [2.24, 2.45) is 0 Å². The van der Waals surface area contributed by atoms with Crippen molar-refractivity contribution in [2.75, 3.05) is 13.7 Å². The monoisotopic (exact) mass is 496 g/mol. The van der Waals surface area contributed by atoms with Crippen LogP contribution in [-0.4, -0.2) is 19.7 Å². The Hall–Kier alpha value is -2.42. The summed E-state index contributed by atoms with van der Waals surface area (Å²) in [4.78, 5) is 11.8. The van der Waals surface area contributed by atoms with Gasteiger partial charge in [0.2, 0.25) is 0 Å². The Balaban J connectivity index is 0.00000272. The molecule has 3 aromatic carbocycles. The van der Waals surface area contributed by atoms with Crippen molar-refractivity contribution in [3.63, 3.8) is 0 Å². The number of carbonyl (C=O) groups is 1. The van der Waals surface area contributed by atoms with Gasteiger partial charge in [0, 0.05) is 12.8 Å². The minimum atomic E-state index is -2.12. The zero-order valence-electron chi connectivity index (χ0n) is 17.5. The van der Waals surface area contributed by atoms with Gasteiger partial charge in [-0.25, -0.2) is 4.79 Å². The molecule has 0 heterocycles. The second kappa shape index (κ2) is 10.7. The fourth-order valence-corrected chi connectivity index (χ4v) is 9.02. The van der Waals surface area contributed by atoms with E-state index >= 15 is 0 Å². The van der Waals surface area contributed by atoms with Crippen molar-refractivity contribution in [1.82, 2.24) is 0 Å². The maximum atomic E-state index is 11.8. The molecule has 31 heavy (non-hydrogen) atoms. The van der Waals surface area contributed by atoms with E-state index in [2.05, 4.69) is 91.0 Å². The van der Waals surface area contributed by atoms with Gasteiger partial charge < -0.3 is 26.5 Å². The molecule has 3 aromatic rings. The highest BCUT2D eigenvalue weighted by molar-refractivity contribution is 7.99. The topological polar surface area (TPSA) is 35.5 Å². The first-order valence-electron chi connectivity index (χ1n) is 10.2. The smallest absolute Gasteiger partial charge is 0.343 e. The Bertz CT molecular complexity index is 924. The van der Waals surface area contributed by atoms with Crippen LogP contribution < -0.4 is 32.9 Å². The molecule has 0 atom stereocenters. The highest BCUT2D eigenvalue weighted by Crippen LogP contribution is 2.66. The fraction of sp³-hybridized carbons (Fsp3) is 0.192. The van der Waals surface area contributed by atoms with Gasteiger partial charge in [0.25, 0.3) is 0 Å². The molecule has 0 unspecified atom stereocenters. The van der Waals surface area contributed by atoms with Gasteiger partial charge in [-0.15, -0.1) is 0 Å². The number of hydrogen-bond acceptors (Lipinski definition) is 3. The molecular formula is C26H26BrO3P. The number of rotatable bonds is 7. The molecule has 0 spiro atoms. The van der Waals surface area contributed by atoms with Crippen molar-refractivity contribution in [3.05, 3.63) is 102 Å². The van der Waals surface area contributed by atoms with E-state index in [0.717, 1.165) is 25.0 Å². The molecule has 1 aliphatic carbocycles. The largest absolute Gasteiger partial charge is 1.00 e. The van der Waals surface area contributed by atoms with E-state index < -0.39 is 7.26 Å². The zero-order chi connectivity index (χ0) is 20.8. The number of allylic oxidation sites excluding steroid dienone is 2. The summed E-state index contributed by atoms with van der Waals surface area (Å²) in [6.07, 6.45) is 2.84. The van der Waals surface area contributed by atoms with Crippen LogP contribution in [0.2, 0.25) is 0 Å². The van der Waals surface area contributed by atoms with Gasteiger partial charge in [0.15, 0.2) is 6.61 Å². The number of ether oxygens (including phenoxy) is 2. The summed E-state index contributed by atoms with van der Waals surface area (Å²) in [6.45, 7) is -0.0479. The molecule has 160 valence electrons. The number of hydrogen-bond donors (Lipinski definition) is 0.